The fourth-order valence-electron chi connectivity index (χ4n) is 4.42. The monoisotopic (exact) mass is 430 g/mol. The summed E-state index contributed by atoms with van der Waals surface area (Å²) in [6, 6.07) is 5.40. The van der Waals surface area contributed by atoms with Gasteiger partial charge in [0.2, 0.25) is 5.91 Å². The Morgan fingerprint density at radius 3 is 2.39 bits per heavy atom. The highest BCUT2D eigenvalue weighted by Gasteiger charge is 2.56. The van der Waals surface area contributed by atoms with Crippen LogP contribution in [0.5, 0.6) is 11.5 Å². The predicted octanol–water partition coefficient (Wildman–Crippen LogP) is 1.07. The van der Waals surface area contributed by atoms with Gasteiger partial charge >= 0.3 is 6.03 Å². The summed E-state index contributed by atoms with van der Waals surface area (Å²) in [7, 11) is 3.23. The summed E-state index contributed by atoms with van der Waals surface area (Å²) >= 11 is 0. The van der Waals surface area contributed by atoms with Crippen LogP contribution >= 0.6 is 0 Å². The first-order valence-corrected chi connectivity index (χ1v) is 10.7. The largest absolute Gasteiger partial charge is 0.493 e. The van der Waals surface area contributed by atoms with E-state index in [0.717, 1.165) is 42.9 Å². The minimum absolute atomic E-state index is 0.184. The Balaban J connectivity index is 1.29. The van der Waals surface area contributed by atoms with Crippen molar-refractivity contribution in [2.24, 2.45) is 5.92 Å². The van der Waals surface area contributed by atoms with Gasteiger partial charge in [-0.15, -0.1) is 0 Å². The van der Waals surface area contributed by atoms with E-state index in [2.05, 4.69) is 10.2 Å². The third-order valence-corrected chi connectivity index (χ3v) is 6.57. The van der Waals surface area contributed by atoms with Gasteiger partial charge < -0.3 is 19.7 Å². The number of nitrogens with one attached hydrogen (secondary N) is 1. The average Bonchev–Trinajstić information content (AvgIpc) is 3.60. The second kappa shape index (κ2) is 8.37. The molecule has 1 aromatic carbocycles. The lowest BCUT2D eigenvalue weighted by Crippen LogP contribution is -2.52. The third-order valence-electron chi connectivity index (χ3n) is 6.57. The van der Waals surface area contributed by atoms with E-state index in [9.17, 15) is 14.4 Å². The van der Waals surface area contributed by atoms with Crippen LogP contribution in [-0.4, -0.2) is 85.0 Å². The van der Waals surface area contributed by atoms with Crippen LogP contribution in [0.4, 0.5) is 4.79 Å². The third kappa shape index (κ3) is 4.19. The lowest BCUT2D eigenvalue weighted by atomic mass is 9.96. The van der Waals surface area contributed by atoms with E-state index in [0.29, 0.717) is 24.6 Å². The van der Waals surface area contributed by atoms with Gasteiger partial charge in [0.15, 0.2) is 11.5 Å². The molecule has 1 aliphatic carbocycles. The van der Waals surface area contributed by atoms with Gasteiger partial charge in [0.05, 0.1) is 14.2 Å². The fraction of sp³-hybridized carbons (Fsp3) is 0.591. The Hall–Kier alpha value is -2.81. The van der Waals surface area contributed by atoms with Crippen molar-refractivity contribution < 1.29 is 23.9 Å². The number of benzene rings is 1. The molecule has 3 aliphatic rings. The smallest absolute Gasteiger partial charge is 0.325 e. The molecule has 4 amide bonds. The van der Waals surface area contributed by atoms with Crippen LogP contribution in [0.3, 0.4) is 0 Å². The zero-order valence-electron chi connectivity index (χ0n) is 18.3. The Kier molecular flexibility index (Phi) is 5.79. The summed E-state index contributed by atoms with van der Waals surface area (Å²) in [5, 5.41) is 2.79. The topological polar surface area (TPSA) is 91.4 Å². The Bertz CT molecular complexity index is 879. The van der Waals surface area contributed by atoms with Crippen LogP contribution in [0.2, 0.25) is 0 Å². The molecule has 4 rings (SSSR count). The van der Waals surface area contributed by atoms with Gasteiger partial charge in [-0.25, -0.2) is 4.79 Å². The van der Waals surface area contributed by atoms with E-state index in [-0.39, 0.29) is 24.3 Å². The van der Waals surface area contributed by atoms with Crippen LogP contribution in [0.15, 0.2) is 18.2 Å². The molecular weight excluding hydrogens is 400 g/mol. The molecule has 9 heteroatoms. The highest BCUT2D eigenvalue weighted by atomic mass is 16.5. The van der Waals surface area contributed by atoms with Crippen LogP contribution in [-0.2, 0) is 16.1 Å². The quantitative estimate of drug-likeness (QED) is 0.651. The van der Waals surface area contributed by atoms with Crippen molar-refractivity contribution in [3.63, 3.8) is 0 Å². The van der Waals surface area contributed by atoms with Crippen LogP contribution in [0.25, 0.3) is 0 Å². The predicted molar refractivity (Wildman–Crippen MR) is 113 cm³/mol. The van der Waals surface area contributed by atoms with Crippen molar-refractivity contribution in [3.8, 4) is 11.5 Å². The van der Waals surface area contributed by atoms with Gasteiger partial charge in [0, 0.05) is 32.7 Å². The normalized spacial score (nSPS) is 24.4. The second-order valence-corrected chi connectivity index (χ2v) is 8.64. The minimum atomic E-state index is -0.852. The van der Waals surface area contributed by atoms with Crippen LogP contribution < -0.4 is 14.8 Å². The standard InChI is InChI=1S/C22H30N4O5/c1-22(16-5-6-16)20(28)26(21(29)23-22)14-19(27)25-10-8-24(9-11-25)13-15-4-7-17(30-2)18(12-15)31-3/h4,7,12,16H,5-6,8-11,13-14H2,1-3H3,(H,23,29). The van der Waals surface area contributed by atoms with E-state index in [1.165, 1.54) is 0 Å². The average molecular weight is 431 g/mol. The summed E-state index contributed by atoms with van der Waals surface area (Å²) in [4.78, 5) is 42.9. The summed E-state index contributed by atoms with van der Waals surface area (Å²) in [6.07, 6.45) is 1.87. The number of urea groups is 1. The van der Waals surface area contributed by atoms with Gasteiger partial charge in [-0.3, -0.25) is 19.4 Å². The zero-order valence-corrected chi connectivity index (χ0v) is 18.3. The first kappa shape index (κ1) is 21.4. The lowest BCUT2D eigenvalue weighted by molar-refractivity contribution is -0.140. The molecular formula is C22H30N4O5. The summed E-state index contributed by atoms with van der Waals surface area (Å²) in [5.41, 5.74) is 0.256. The summed E-state index contributed by atoms with van der Waals surface area (Å²) < 4.78 is 10.6. The van der Waals surface area contributed by atoms with Crippen molar-refractivity contribution in [3.05, 3.63) is 23.8 Å². The zero-order chi connectivity index (χ0) is 22.2. The number of ether oxygens (including phenoxy) is 2. The number of methoxy groups -OCH3 is 2. The number of carbonyl (C=O) groups excluding carboxylic acids is 3. The maximum atomic E-state index is 12.8. The Morgan fingerprint density at radius 2 is 1.77 bits per heavy atom. The minimum Gasteiger partial charge on any atom is -0.493 e. The summed E-state index contributed by atoms with van der Waals surface area (Å²) in [6.45, 7) is 4.89. The lowest BCUT2D eigenvalue weighted by Gasteiger charge is -2.35. The van der Waals surface area contributed by atoms with Crippen molar-refractivity contribution in [2.75, 3.05) is 46.9 Å². The molecule has 168 valence electrons. The van der Waals surface area contributed by atoms with E-state index in [1.54, 1.807) is 26.0 Å². The summed E-state index contributed by atoms with van der Waals surface area (Å²) in [5.74, 6) is 1.11. The van der Waals surface area contributed by atoms with Gasteiger partial charge in [0.1, 0.15) is 12.1 Å². The molecule has 2 aliphatic heterocycles. The van der Waals surface area contributed by atoms with Crippen LogP contribution in [0.1, 0.15) is 25.3 Å². The molecule has 2 heterocycles. The van der Waals surface area contributed by atoms with Crippen molar-refractivity contribution in [2.45, 2.75) is 31.8 Å². The maximum absolute atomic E-state index is 12.8. The number of imide groups is 1. The van der Waals surface area contributed by atoms with E-state index in [1.807, 2.05) is 18.2 Å². The molecule has 31 heavy (non-hydrogen) atoms. The highest BCUT2D eigenvalue weighted by Crippen LogP contribution is 2.42. The second-order valence-electron chi connectivity index (χ2n) is 8.64. The molecule has 0 radical (unpaired) electrons. The number of hydrogen-bond acceptors (Lipinski definition) is 6. The van der Waals surface area contributed by atoms with Crippen molar-refractivity contribution in [1.29, 1.82) is 0 Å². The molecule has 0 spiro atoms. The number of piperazine rings is 1. The van der Waals surface area contributed by atoms with Gasteiger partial charge in [-0.2, -0.15) is 0 Å². The maximum Gasteiger partial charge on any atom is 0.325 e. The number of amides is 4. The molecule has 9 nitrogen and oxygen atoms in total. The highest BCUT2D eigenvalue weighted by molar-refractivity contribution is 6.09. The fourth-order valence-corrected chi connectivity index (χ4v) is 4.42. The molecule has 1 N–H and O–H groups in total. The molecule has 1 unspecified atom stereocenters. The van der Waals surface area contributed by atoms with E-state index in [4.69, 9.17) is 9.47 Å². The molecule has 2 saturated heterocycles. The first-order valence-electron chi connectivity index (χ1n) is 10.7. The molecule has 0 aromatic heterocycles. The van der Waals surface area contributed by atoms with Crippen molar-refractivity contribution >= 4 is 17.8 Å². The van der Waals surface area contributed by atoms with E-state index < -0.39 is 11.6 Å². The number of rotatable bonds is 7. The van der Waals surface area contributed by atoms with Gasteiger partial charge in [-0.05, 0) is 43.4 Å². The SMILES string of the molecule is COc1ccc(CN2CCN(C(=O)CN3C(=O)NC(C)(C4CC4)C3=O)CC2)cc1OC. The Labute approximate surface area is 182 Å². The number of nitrogens with zero attached hydrogens (tertiary/aromatic N) is 3. The van der Waals surface area contributed by atoms with Gasteiger partial charge in [-0.1, -0.05) is 6.07 Å². The number of carbonyl (C=O) groups is 3. The molecule has 1 saturated carbocycles. The van der Waals surface area contributed by atoms with Gasteiger partial charge in [0.25, 0.3) is 5.91 Å². The molecule has 1 atom stereocenters. The Morgan fingerprint density at radius 1 is 1.10 bits per heavy atom. The molecule has 1 aromatic rings. The van der Waals surface area contributed by atoms with Crippen LogP contribution in [0, 0.1) is 5.92 Å². The first-order chi connectivity index (χ1) is 14.9. The van der Waals surface area contributed by atoms with Crippen molar-refractivity contribution in [1.82, 2.24) is 20.0 Å². The molecule has 3 fully saturated rings. The molecule has 0 bridgehead atoms. The van der Waals surface area contributed by atoms with E-state index >= 15 is 0 Å². The number of hydrogen-bond donors (Lipinski definition) is 1.